The van der Waals surface area contributed by atoms with Crippen molar-refractivity contribution in [1.29, 1.82) is 0 Å². The van der Waals surface area contributed by atoms with Crippen LogP contribution < -0.4 is 0 Å². The molecule has 18 heavy (non-hydrogen) atoms. The summed E-state index contributed by atoms with van der Waals surface area (Å²) in [6.07, 6.45) is 2.33. The van der Waals surface area contributed by atoms with Gasteiger partial charge in [0.05, 0.1) is 13.2 Å². The molecule has 4 nitrogen and oxygen atoms in total. The van der Waals surface area contributed by atoms with Crippen molar-refractivity contribution in [3.05, 3.63) is 22.4 Å². The minimum absolute atomic E-state index is 0.000376. The van der Waals surface area contributed by atoms with Crippen molar-refractivity contribution < 1.29 is 14.6 Å². The highest BCUT2D eigenvalue weighted by Gasteiger charge is 2.12. The first-order valence-electron chi connectivity index (χ1n) is 6.18. The van der Waals surface area contributed by atoms with Gasteiger partial charge >= 0.3 is 0 Å². The number of aliphatic hydroxyl groups excluding tert-OH is 1. The lowest BCUT2D eigenvalue weighted by Gasteiger charge is -2.21. The van der Waals surface area contributed by atoms with Crippen LogP contribution in [0.2, 0.25) is 0 Å². The third-order valence-corrected chi connectivity index (χ3v) is 3.62. The highest BCUT2D eigenvalue weighted by molar-refractivity contribution is 7.09. The van der Waals surface area contributed by atoms with Gasteiger partial charge in [-0.3, -0.25) is 4.79 Å². The number of carbonyl (C=O) groups is 1. The molecular weight excluding hydrogens is 250 g/mol. The van der Waals surface area contributed by atoms with E-state index in [1.54, 1.807) is 23.3 Å². The molecule has 1 amide bonds. The average molecular weight is 271 g/mol. The third kappa shape index (κ3) is 5.62. The number of hydrogen-bond donors (Lipinski definition) is 1. The van der Waals surface area contributed by atoms with Crippen molar-refractivity contribution in [2.24, 2.45) is 0 Å². The number of ether oxygens (including phenoxy) is 1. The number of thiophene rings is 1. The van der Waals surface area contributed by atoms with Gasteiger partial charge in [0.25, 0.3) is 0 Å². The Hall–Kier alpha value is -0.910. The molecule has 5 heteroatoms. The van der Waals surface area contributed by atoms with Crippen LogP contribution in [0.15, 0.2) is 17.5 Å². The minimum atomic E-state index is 0.000376. The zero-order valence-electron chi connectivity index (χ0n) is 10.8. The zero-order chi connectivity index (χ0) is 13.2. The second-order valence-corrected chi connectivity index (χ2v) is 5.06. The summed E-state index contributed by atoms with van der Waals surface area (Å²) in [6.45, 7) is 1.45. The molecule has 0 saturated carbocycles. The number of hydrogen-bond acceptors (Lipinski definition) is 4. The molecule has 1 N–H and O–H groups in total. The van der Waals surface area contributed by atoms with Crippen molar-refractivity contribution >= 4 is 17.2 Å². The van der Waals surface area contributed by atoms with Gasteiger partial charge in [0.15, 0.2) is 0 Å². The Balaban J connectivity index is 2.27. The van der Waals surface area contributed by atoms with Crippen LogP contribution in [0.25, 0.3) is 0 Å². The normalized spacial score (nSPS) is 10.6. The smallest absolute Gasteiger partial charge is 0.222 e. The number of carbonyl (C=O) groups excluding carboxylic acids is 1. The van der Waals surface area contributed by atoms with Crippen molar-refractivity contribution in [2.75, 3.05) is 33.4 Å². The van der Waals surface area contributed by atoms with E-state index < -0.39 is 0 Å². The van der Waals surface area contributed by atoms with Gasteiger partial charge in [0.1, 0.15) is 0 Å². The first-order chi connectivity index (χ1) is 8.77. The van der Waals surface area contributed by atoms with Crippen LogP contribution in [0.5, 0.6) is 0 Å². The van der Waals surface area contributed by atoms with Gasteiger partial charge in [0.2, 0.25) is 5.91 Å². The summed E-state index contributed by atoms with van der Waals surface area (Å²) in [6, 6.07) is 4.12. The van der Waals surface area contributed by atoms with Gasteiger partial charge in [-0.25, -0.2) is 0 Å². The maximum Gasteiger partial charge on any atom is 0.222 e. The van der Waals surface area contributed by atoms with Crippen LogP contribution in [-0.2, 0) is 16.0 Å². The largest absolute Gasteiger partial charge is 0.395 e. The quantitative estimate of drug-likeness (QED) is 0.741. The van der Waals surface area contributed by atoms with Crippen molar-refractivity contribution in [2.45, 2.75) is 19.3 Å². The van der Waals surface area contributed by atoms with E-state index in [0.29, 0.717) is 26.1 Å². The molecule has 0 aliphatic rings. The molecule has 0 radical (unpaired) electrons. The molecule has 0 fully saturated rings. The number of methoxy groups -OCH3 is 1. The zero-order valence-corrected chi connectivity index (χ0v) is 11.6. The van der Waals surface area contributed by atoms with E-state index in [1.807, 2.05) is 11.4 Å². The predicted octanol–water partition coefficient (Wildman–Crippen LogP) is 1.54. The maximum atomic E-state index is 11.9. The number of rotatable bonds is 9. The standard InChI is InChI=1S/C13H21NO3S/c1-17-10-8-14(7-9-15)13(16)6-2-4-12-5-3-11-18-12/h3,5,11,15H,2,4,6-10H2,1H3. The molecule has 1 aromatic rings. The van der Waals surface area contributed by atoms with Crippen LogP contribution in [0.1, 0.15) is 17.7 Å². The van der Waals surface area contributed by atoms with Crippen molar-refractivity contribution in [3.8, 4) is 0 Å². The second-order valence-electron chi connectivity index (χ2n) is 4.03. The molecule has 0 spiro atoms. The fraction of sp³-hybridized carbons (Fsp3) is 0.615. The summed E-state index contributed by atoms with van der Waals surface area (Å²) < 4.78 is 4.96. The van der Waals surface area contributed by atoms with Gasteiger partial charge in [-0.2, -0.15) is 0 Å². The Kier molecular flexibility index (Phi) is 7.64. The maximum absolute atomic E-state index is 11.9. The summed E-state index contributed by atoms with van der Waals surface area (Å²) >= 11 is 1.72. The lowest BCUT2D eigenvalue weighted by molar-refractivity contribution is -0.132. The van der Waals surface area contributed by atoms with Crippen molar-refractivity contribution in [3.63, 3.8) is 0 Å². The molecule has 0 atom stereocenters. The van der Waals surface area contributed by atoms with E-state index in [2.05, 4.69) is 6.07 Å². The molecule has 0 aliphatic heterocycles. The molecule has 0 aromatic carbocycles. The average Bonchev–Trinajstić information content (AvgIpc) is 2.87. The lowest BCUT2D eigenvalue weighted by Crippen LogP contribution is -2.36. The predicted molar refractivity (Wildman–Crippen MR) is 72.8 cm³/mol. The Labute approximate surface area is 112 Å². The summed E-state index contributed by atoms with van der Waals surface area (Å²) in [5.41, 5.74) is 0. The fourth-order valence-corrected chi connectivity index (χ4v) is 2.46. The van der Waals surface area contributed by atoms with Crippen LogP contribution in [0, 0.1) is 0 Å². The van der Waals surface area contributed by atoms with E-state index in [1.165, 1.54) is 4.88 Å². The SMILES string of the molecule is COCCN(CCO)C(=O)CCCc1cccs1. The van der Waals surface area contributed by atoms with Crippen LogP contribution >= 0.6 is 11.3 Å². The first-order valence-corrected chi connectivity index (χ1v) is 7.06. The Morgan fingerprint density at radius 2 is 2.33 bits per heavy atom. The number of nitrogens with zero attached hydrogens (tertiary/aromatic N) is 1. The van der Waals surface area contributed by atoms with Gasteiger partial charge in [-0.05, 0) is 24.3 Å². The van der Waals surface area contributed by atoms with Crippen LogP contribution in [0.3, 0.4) is 0 Å². The molecule has 0 bridgehead atoms. The topological polar surface area (TPSA) is 49.8 Å². The Morgan fingerprint density at radius 1 is 1.50 bits per heavy atom. The summed E-state index contributed by atoms with van der Waals surface area (Å²) in [4.78, 5) is 14.9. The van der Waals surface area contributed by atoms with E-state index >= 15 is 0 Å². The van der Waals surface area contributed by atoms with E-state index in [0.717, 1.165) is 12.8 Å². The van der Waals surface area contributed by atoms with Crippen LogP contribution in [0.4, 0.5) is 0 Å². The van der Waals surface area contributed by atoms with E-state index in [-0.39, 0.29) is 12.5 Å². The second kappa shape index (κ2) is 9.08. The molecule has 1 aromatic heterocycles. The lowest BCUT2D eigenvalue weighted by atomic mass is 10.2. The molecule has 1 rings (SSSR count). The molecule has 0 aliphatic carbocycles. The van der Waals surface area contributed by atoms with E-state index in [9.17, 15) is 4.79 Å². The van der Waals surface area contributed by atoms with Gasteiger partial charge in [-0.15, -0.1) is 11.3 Å². The first kappa shape index (κ1) is 15.1. The Morgan fingerprint density at radius 3 is 2.94 bits per heavy atom. The van der Waals surface area contributed by atoms with Gasteiger partial charge in [0, 0.05) is 31.5 Å². The Bertz CT molecular complexity index is 327. The summed E-state index contributed by atoms with van der Waals surface area (Å²) in [7, 11) is 1.61. The van der Waals surface area contributed by atoms with Crippen LogP contribution in [-0.4, -0.2) is 49.3 Å². The highest BCUT2D eigenvalue weighted by atomic mass is 32.1. The number of aryl methyl sites for hydroxylation is 1. The molecule has 102 valence electrons. The molecule has 0 unspecified atom stereocenters. The number of amides is 1. The summed E-state index contributed by atoms with van der Waals surface area (Å²) in [5.74, 6) is 0.0951. The molecule has 1 heterocycles. The third-order valence-electron chi connectivity index (χ3n) is 2.68. The minimum Gasteiger partial charge on any atom is -0.395 e. The summed E-state index contributed by atoms with van der Waals surface area (Å²) in [5, 5.41) is 11.0. The van der Waals surface area contributed by atoms with Crippen molar-refractivity contribution in [1.82, 2.24) is 4.90 Å². The highest BCUT2D eigenvalue weighted by Crippen LogP contribution is 2.12. The molecular formula is C13H21NO3S. The monoisotopic (exact) mass is 271 g/mol. The number of aliphatic hydroxyl groups is 1. The van der Waals surface area contributed by atoms with E-state index in [4.69, 9.17) is 9.84 Å². The van der Waals surface area contributed by atoms with Gasteiger partial charge < -0.3 is 14.7 Å². The van der Waals surface area contributed by atoms with Gasteiger partial charge in [-0.1, -0.05) is 6.07 Å². The molecule has 0 saturated heterocycles. The fourth-order valence-electron chi connectivity index (χ4n) is 1.71.